The van der Waals surface area contributed by atoms with Gasteiger partial charge in [0.1, 0.15) is 0 Å². The number of nitrogens with one attached hydrogen (secondary N) is 1. The van der Waals surface area contributed by atoms with Crippen molar-refractivity contribution in [2.24, 2.45) is 0 Å². The number of anilines is 1. The Kier molecular flexibility index (Phi) is 4.41. The molecule has 0 aliphatic heterocycles. The van der Waals surface area contributed by atoms with Crippen molar-refractivity contribution in [3.63, 3.8) is 0 Å². The minimum absolute atomic E-state index is 0.250. The molecule has 1 aromatic heterocycles. The molecule has 0 spiro atoms. The molecule has 0 radical (unpaired) electrons. The standard InChI is InChI=1S/C15H20N2O2S2/c1-9-7-13(16)8-15(11(9)3)21(18,19)17-12(4)14-6-5-10(2)20-14/h5-8,12,17H,16H2,1-4H3. The van der Waals surface area contributed by atoms with Gasteiger partial charge in [-0.3, -0.25) is 0 Å². The summed E-state index contributed by atoms with van der Waals surface area (Å²) in [4.78, 5) is 2.40. The number of hydrogen-bond acceptors (Lipinski definition) is 4. The number of nitrogen functional groups attached to an aromatic ring is 1. The van der Waals surface area contributed by atoms with Gasteiger partial charge in [-0.1, -0.05) is 0 Å². The van der Waals surface area contributed by atoms with Gasteiger partial charge in [0.15, 0.2) is 0 Å². The van der Waals surface area contributed by atoms with Crippen LogP contribution in [0.1, 0.15) is 33.8 Å². The summed E-state index contributed by atoms with van der Waals surface area (Å²) in [6.07, 6.45) is 0. The number of nitrogens with two attached hydrogens (primary N) is 1. The number of hydrogen-bond donors (Lipinski definition) is 2. The van der Waals surface area contributed by atoms with E-state index in [1.54, 1.807) is 24.3 Å². The monoisotopic (exact) mass is 324 g/mol. The summed E-state index contributed by atoms with van der Waals surface area (Å²) < 4.78 is 27.9. The zero-order valence-corrected chi connectivity index (χ0v) is 14.2. The Labute approximate surface area is 130 Å². The molecule has 21 heavy (non-hydrogen) atoms. The smallest absolute Gasteiger partial charge is 0.241 e. The van der Waals surface area contributed by atoms with Gasteiger partial charge in [0.05, 0.1) is 10.9 Å². The van der Waals surface area contributed by atoms with Crippen LogP contribution >= 0.6 is 11.3 Å². The molecule has 0 saturated heterocycles. The second-order valence-electron chi connectivity index (χ2n) is 5.25. The molecular formula is C15H20N2O2S2. The fraction of sp³-hybridized carbons (Fsp3) is 0.333. The predicted octanol–water partition coefficient (Wildman–Crippen LogP) is 3.30. The second-order valence-corrected chi connectivity index (χ2v) is 8.25. The molecule has 1 heterocycles. The molecular weight excluding hydrogens is 304 g/mol. The summed E-state index contributed by atoms with van der Waals surface area (Å²) in [5, 5.41) is 0. The zero-order valence-electron chi connectivity index (χ0n) is 12.6. The molecule has 1 atom stereocenters. The van der Waals surface area contributed by atoms with E-state index in [2.05, 4.69) is 4.72 Å². The van der Waals surface area contributed by atoms with Crippen molar-refractivity contribution in [1.29, 1.82) is 0 Å². The first kappa shape index (κ1) is 16.0. The molecule has 2 rings (SSSR count). The lowest BCUT2D eigenvalue weighted by Crippen LogP contribution is -2.27. The van der Waals surface area contributed by atoms with E-state index < -0.39 is 10.0 Å². The van der Waals surface area contributed by atoms with Crippen LogP contribution in [0.25, 0.3) is 0 Å². The third-order valence-electron chi connectivity index (χ3n) is 3.45. The van der Waals surface area contributed by atoms with Crippen molar-refractivity contribution in [2.45, 2.75) is 38.6 Å². The maximum absolute atomic E-state index is 12.6. The first-order chi connectivity index (χ1) is 9.70. The van der Waals surface area contributed by atoms with Crippen LogP contribution in [-0.4, -0.2) is 8.42 Å². The van der Waals surface area contributed by atoms with E-state index >= 15 is 0 Å². The summed E-state index contributed by atoms with van der Waals surface area (Å²) >= 11 is 1.59. The number of rotatable bonds is 4. The molecule has 3 N–H and O–H groups in total. The van der Waals surface area contributed by atoms with E-state index in [1.165, 1.54) is 6.07 Å². The number of aryl methyl sites for hydroxylation is 2. The topological polar surface area (TPSA) is 72.2 Å². The molecule has 0 bridgehead atoms. The van der Waals surface area contributed by atoms with Gasteiger partial charge < -0.3 is 5.73 Å². The van der Waals surface area contributed by atoms with E-state index in [1.807, 2.05) is 32.9 Å². The lowest BCUT2D eigenvalue weighted by Gasteiger charge is -2.16. The first-order valence-electron chi connectivity index (χ1n) is 6.66. The SMILES string of the molecule is Cc1ccc(C(C)NS(=O)(=O)c2cc(N)cc(C)c2C)s1. The van der Waals surface area contributed by atoms with Crippen LogP contribution < -0.4 is 10.5 Å². The molecule has 1 unspecified atom stereocenters. The first-order valence-corrected chi connectivity index (χ1v) is 8.96. The summed E-state index contributed by atoms with van der Waals surface area (Å²) in [6.45, 7) is 7.50. The molecule has 114 valence electrons. The average Bonchev–Trinajstić information content (AvgIpc) is 2.80. The summed E-state index contributed by atoms with van der Waals surface area (Å²) in [5.74, 6) is 0. The molecule has 6 heteroatoms. The Hall–Kier alpha value is -1.37. The Morgan fingerprint density at radius 1 is 1.19 bits per heavy atom. The Morgan fingerprint density at radius 2 is 1.86 bits per heavy atom. The lowest BCUT2D eigenvalue weighted by atomic mass is 10.1. The fourth-order valence-corrected chi connectivity index (χ4v) is 4.70. The van der Waals surface area contributed by atoms with Gasteiger partial charge in [0.2, 0.25) is 10.0 Å². The molecule has 0 fully saturated rings. The van der Waals surface area contributed by atoms with Crippen molar-refractivity contribution >= 4 is 27.0 Å². The summed E-state index contributed by atoms with van der Waals surface area (Å²) in [7, 11) is -3.60. The summed E-state index contributed by atoms with van der Waals surface area (Å²) in [6, 6.07) is 6.96. The highest BCUT2D eigenvalue weighted by Gasteiger charge is 2.22. The highest BCUT2D eigenvalue weighted by atomic mass is 32.2. The Bertz CT molecular complexity index is 764. The van der Waals surface area contributed by atoms with Crippen LogP contribution in [0.5, 0.6) is 0 Å². The van der Waals surface area contributed by atoms with Gasteiger partial charge >= 0.3 is 0 Å². The molecule has 0 amide bonds. The van der Waals surface area contributed by atoms with E-state index in [0.29, 0.717) is 5.69 Å². The van der Waals surface area contributed by atoms with Gasteiger partial charge in [-0.2, -0.15) is 0 Å². The van der Waals surface area contributed by atoms with E-state index in [4.69, 9.17) is 5.73 Å². The van der Waals surface area contributed by atoms with Gasteiger partial charge in [-0.15, -0.1) is 11.3 Å². The quantitative estimate of drug-likeness (QED) is 0.848. The molecule has 2 aromatic rings. The van der Waals surface area contributed by atoms with Crippen LogP contribution in [0, 0.1) is 20.8 Å². The van der Waals surface area contributed by atoms with Crippen LogP contribution in [0.2, 0.25) is 0 Å². The van der Waals surface area contributed by atoms with Crippen LogP contribution in [0.15, 0.2) is 29.2 Å². The number of benzene rings is 1. The van der Waals surface area contributed by atoms with Gasteiger partial charge in [-0.25, -0.2) is 13.1 Å². The molecule has 4 nitrogen and oxygen atoms in total. The molecule has 0 aliphatic carbocycles. The molecule has 0 aliphatic rings. The van der Waals surface area contributed by atoms with Crippen molar-refractivity contribution in [2.75, 3.05) is 5.73 Å². The van der Waals surface area contributed by atoms with Crippen LogP contribution in [0.3, 0.4) is 0 Å². The minimum Gasteiger partial charge on any atom is -0.399 e. The fourth-order valence-electron chi connectivity index (χ4n) is 2.17. The Balaban J connectivity index is 2.35. The maximum atomic E-state index is 12.6. The largest absolute Gasteiger partial charge is 0.399 e. The zero-order chi connectivity index (χ0) is 15.8. The van der Waals surface area contributed by atoms with Crippen molar-refractivity contribution < 1.29 is 8.42 Å². The van der Waals surface area contributed by atoms with Crippen molar-refractivity contribution in [3.8, 4) is 0 Å². The van der Waals surface area contributed by atoms with Crippen LogP contribution in [-0.2, 0) is 10.0 Å². The normalized spacial score (nSPS) is 13.3. The minimum atomic E-state index is -3.60. The highest BCUT2D eigenvalue weighted by Crippen LogP contribution is 2.26. The van der Waals surface area contributed by atoms with Crippen LogP contribution in [0.4, 0.5) is 5.69 Å². The number of thiophene rings is 1. The number of sulfonamides is 1. The predicted molar refractivity (Wildman–Crippen MR) is 88.1 cm³/mol. The lowest BCUT2D eigenvalue weighted by molar-refractivity contribution is 0.568. The van der Waals surface area contributed by atoms with Gasteiger partial charge in [0.25, 0.3) is 0 Å². The summed E-state index contributed by atoms with van der Waals surface area (Å²) in [5.41, 5.74) is 7.84. The molecule has 1 aromatic carbocycles. The third kappa shape index (κ3) is 3.45. The van der Waals surface area contributed by atoms with E-state index in [0.717, 1.165) is 20.9 Å². The van der Waals surface area contributed by atoms with Crippen molar-refractivity contribution in [1.82, 2.24) is 4.72 Å². The van der Waals surface area contributed by atoms with E-state index in [9.17, 15) is 8.42 Å². The third-order valence-corrected chi connectivity index (χ3v) is 6.30. The average molecular weight is 324 g/mol. The van der Waals surface area contributed by atoms with Gasteiger partial charge in [0, 0.05) is 15.4 Å². The van der Waals surface area contributed by atoms with Gasteiger partial charge in [-0.05, 0) is 63.1 Å². The van der Waals surface area contributed by atoms with E-state index in [-0.39, 0.29) is 10.9 Å². The Morgan fingerprint density at radius 3 is 2.43 bits per heavy atom. The highest BCUT2D eigenvalue weighted by molar-refractivity contribution is 7.89. The second kappa shape index (κ2) is 5.79. The molecule has 0 saturated carbocycles. The maximum Gasteiger partial charge on any atom is 0.241 e. The van der Waals surface area contributed by atoms with Crippen molar-refractivity contribution in [3.05, 3.63) is 45.1 Å².